The Labute approximate surface area is 95.5 Å². The van der Waals surface area contributed by atoms with Crippen molar-refractivity contribution in [2.24, 2.45) is 0 Å². The first-order valence-electron chi connectivity index (χ1n) is 4.48. The number of aromatic nitrogens is 3. The fourth-order valence-corrected chi connectivity index (χ4v) is 1.64. The molecule has 0 saturated heterocycles. The average Bonchev–Trinajstić information content (AvgIpc) is 2.64. The van der Waals surface area contributed by atoms with Gasteiger partial charge < -0.3 is 0 Å². The third kappa shape index (κ3) is 1.72. The minimum atomic E-state index is -0.437. The molecule has 0 aliphatic heterocycles. The molecule has 2 N–H and O–H groups in total. The number of benzene rings is 1. The Hall–Kier alpha value is -2.02. The predicted molar refractivity (Wildman–Crippen MR) is 60.6 cm³/mol. The largest absolute Gasteiger partial charge is 0.281 e. The first-order valence-corrected chi connectivity index (χ1v) is 4.89. The molecular weight excluding hydrogens is 228 g/mol. The smallest absolute Gasteiger partial charge is 0.280 e. The van der Waals surface area contributed by atoms with E-state index < -0.39 is 4.92 Å². The van der Waals surface area contributed by atoms with E-state index in [4.69, 9.17) is 12.2 Å². The van der Waals surface area contributed by atoms with E-state index in [1.807, 2.05) is 0 Å². The summed E-state index contributed by atoms with van der Waals surface area (Å²) in [5.41, 5.74) is 1.24. The highest BCUT2D eigenvalue weighted by Gasteiger charge is 2.19. The topological polar surface area (TPSA) is 87.6 Å². The standard InChI is InChI=1S/C9H8N4O2S/c1-5-3-2-4-6(13(14)15)7(5)8-10-9(16)12-11-8/h2-4H,1H3,(H2,10,11,12,16). The van der Waals surface area contributed by atoms with Crippen molar-refractivity contribution >= 4 is 17.9 Å². The van der Waals surface area contributed by atoms with Gasteiger partial charge in [0.15, 0.2) is 5.82 Å². The normalized spacial score (nSPS) is 10.3. The Morgan fingerprint density at radius 1 is 1.44 bits per heavy atom. The Balaban J connectivity index is 2.72. The molecule has 0 unspecified atom stereocenters. The lowest BCUT2D eigenvalue weighted by atomic mass is 10.1. The summed E-state index contributed by atoms with van der Waals surface area (Å²) in [6.45, 7) is 1.79. The van der Waals surface area contributed by atoms with Gasteiger partial charge in [0.25, 0.3) is 5.69 Å². The van der Waals surface area contributed by atoms with E-state index >= 15 is 0 Å². The monoisotopic (exact) mass is 236 g/mol. The number of hydrogen-bond donors (Lipinski definition) is 2. The molecule has 7 heteroatoms. The van der Waals surface area contributed by atoms with Crippen LogP contribution >= 0.6 is 12.2 Å². The number of nitro groups is 1. The van der Waals surface area contributed by atoms with E-state index in [-0.39, 0.29) is 10.5 Å². The molecule has 0 radical (unpaired) electrons. The highest BCUT2D eigenvalue weighted by Crippen LogP contribution is 2.29. The van der Waals surface area contributed by atoms with Gasteiger partial charge in [0.05, 0.1) is 10.5 Å². The van der Waals surface area contributed by atoms with Gasteiger partial charge in [-0.3, -0.25) is 20.3 Å². The van der Waals surface area contributed by atoms with Crippen molar-refractivity contribution in [3.63, 3.8) is 0 Å². The second-order valence-corrected chi connectivity index (χ2v) is 3.63. The molecule has 1 aromatic heterocycles. The maximum Gasteiger partial charge on any atom is 0.280 e. The van der Waals surface area contributed by atoms with Crippen LogP contribution in [0.3, 0.4) is 0 Å². The molecule has 6 nitrogen and oxygen atoms in total. The summed E-state index contributed by atoms with van der Waals surface area (Å²) in [5.74, 6) is 0.384. The van der Waals surface area contributed by atoms with Crippen molar-refractivity contribution in [3.05, 3.63) is 38.6 Å². The second kappa shape index (κ2) is 3.86. The first kappa shape index (κ1) is 10.5. The average molecular weight is 236 g/mol. The molecular formula is C9H8N4O2S. The third-order valence-electron chi connectivity index (χ3n) is 2.19. The SMILES string of the molecule is Cc1cccc([N+](=O)[O-])c1-c1nc(=S)[nH][nH]1. The van der Waals surface area contributed by atoms with E-state index in [1.165, 1.54) is 6.07 Å². The van der Waals surface area contributed by atoms with Crippen molar-refractivity contribution in [1.29, 1.82) is 0 Å². The number of hydrogen-bond acceptors (Lipinski definition) is 4. The quantitative estimate of drug-likeness (QED) is 0.476. The molecule has 0 fully saturated rings. The van der Waals surface area contributed by atoms with Crippen LogP contribution in [-0.2, 0) is 0 Å². The molecule has 1 aromatic carbocycles. The van der Waals surface area contributed by atoms with Gasteiger partial charge in [0.2, 0.25) is 4.77 Å². The van der Waals surface area contributed by atoms with Crippen LogP contribution in [0, 0.1) is 21.8 Å². The minimum absolute atomic E-state index is 0.0118. The maximum atomic E-state index is 10.9. The summed E-state index contributed by atoms with van der Waals surface area (Å²) < 4.78 is 0.271. The van der Waals surface area contributed by atoms with Gasteiger partial charge in [-0.15, -0.1) is 0 Å². The Morgan fingerprint density at radius 3 is 2.75 bits per heavy atom. The summed E-state index contributed by atoms with van der Waals surface area (Å²) in [6, 6.07) is 4.86. The molecule has 0 bridgehead atoms. The van der Waals surface area contributed by atoms with Crippen molar-refractivity contribution in [2.75, 3.05) is 0 Å². The summed E-state index contributed by atoms with van der Waals surface area (Å²) in [5, 5.41) is 16.2. The molecule has 0 atom stereocenters. The molecule has 0 aliphatic carbocycles. The van der Waals surface area contributed by atoms with Gasteiger partial charge >= 0.3 is 0 Å². The molecule has 0 amide bonds. The van der Waals surface area contributed by atoms with E-state index in [1.54, 1.807) is 19.1 Å². The lowest BCUT2D eigenvalue weighted by molar-refractivity contribution is -0.384. The van der Waals surface area contributed by atoms with Gasteiger partial charge in [-0.25, -0.2) is 0 Å². The molecule has 16 heavy (non-hydrogen) atoms. The number of aromatic amines is 2. The highest BCUT2D eigenvalue weighted by molar-refractivity contribution is 7.71. The van der Waals surface area contributed by atoms with Crippen molar-refractivity contribution in [3.8, 4) is 11.4 Å². The lowest BCUT2D eigenvalue weighted by Gasteiger charge is -2.02. The van der Waals surface area contributed by atoms with E-state index in [0.29, 0.717) is 11.4 Å². The van der Waals surface area contributed by atoms with Crippen LogP contribution in [0.1, 0.15) is 5.56 Å². The van der Waals surface area contributed by atoms with Gasteiger partial charge in [0.1, 0.15) is 0 Å². The summed E-state index contributed by atoms with van der Waals surface area (Å²) >= 11 is 4.82. The van der Waals surface area contributed by atoms with Crippen LogP contribution in [0.5, 0.6) is 0 Å². The number of nitro benzene ring substituents is 1. The zero-order valence-corrected chi connectivity index (χ0v) is 9.17. The number of H-pyrrole nitrogens is 2. The van der Waals surface area contributed by atoms with Gasteiger partial charge in [-0.05, 0) is 24.7 Å². The molecule has 2 rings (SSSR count). The van der Waals surface area contributed by atoms with Gasteiger partial charge in [0, 0.05) is 6.07 Å². The molecule has 0 saturated carbocycles. The molecule has 1 heterocycles. The maximum absolute atomic E-state index is 10.9. The van der Waals surface area contributed by atoms with Crippen molar-refractivity contribution in [2.45, 2.75) is 6.92 Å². The zero-order chi connectivity index (χ0) is 11.7. The summed E-state index contributed by atoms with van der Waals surface area (Å²) in [7, 11) is 0. The van der Waals surface area contributed by atoms with Crippen LogP contribution in [0.25, 0.3) is 11.4 Å². The van der Waals surface area contributed by atoms with Crippen molar-refractivity contribution < 1.29 is 4.92 Å². The first-order chi connectivity index (χ1) is 7.59. The Bertz CT molecular complexity index is 602. The number of aryl methyl sites for hydroxylation is 1. The molecule has 0 aliphatic rings. The number of nitrogens with zero attached hydrogens (tertiary/aromatic N) is 2. The fourth-order valence-electron chi connectivity index (χ4n) is 1.50. The Kier molecular flexibility index (Phi) is 2.53. The number of nitrogens with one attached hydrogen (secondary N) is 2. The molecule has 2 aromatic rings. The van der Waals surface area contributed by atoms with Crippen molar-refractivity contribution in [1.82, 2.24) is 15.2 Å². The summed E-state index contributed by atoms with van der Waals surface area (Å²) in [6.07, 6.45) is 0. The van der Waals surface area contributed by atoms with E-state index in [0.717, 1.165) is 5.56 Å². The van der Waals surface area contributed by atoms with Gasteiger partial charge in [-0.2, -0.15) is 4.98 Å². The zero-order valence-electron chi connectivity index (χ0n) is 8.35. The lowest BCUT2D eigenvalue weighted by Crippen LogP contribution is -1.95. The summed E-state index contributed by atoms with van der Waals surface area (Å²) in [4.78, 5) is 14.4. The van der Waals surface area contributed by atoms with Crippen LogP contribution in [0.4, 0.5) is 5.69 Å². The Morgan fingerprint density at radius 2 is 2.19 bits per heavy atom. The van der Waals surface area contributed by atoms with Crippen LogP contribution in [0.2, 0.25) is 0 Å². The van der Waals surface area contributed by atoms with Crippen LogP contribution < -0.4 is 0 Å². The molecule has 82 valence electrons. The minimum Gasteiger partial charge on any atom is -0.281 e. The fraction of sp³-hybridized carbons (Fsp3) is 0.111. The van der Waals surface area contributed by atoms with Crippen LogP contribution in [0.15, 0.2) is 18.2 Å². The third-order valence-corrected chi connectivity index (χ3v) is 2.38. The van der Waals surface area contributed by atoms with Gasteiger partial charge in [-0.1, -0.05) is 12.1 Å². The van der Waals surface area contributed by atoms with E-state index in [2.05, 4.69) is 15.2 Å². The predicted octanol–water partition coefficient (Wildman–Crippen LogP) is 2.35. The van der Waals surface area contributed by atoms with E-state index in [9.17, 15) is 10.1 Å². The second-order valence-electron chi connectivity index (χ2n) is 3.24. The highest BCUT2D eigenvalue weighted by atomic mass is 32.1. The van der Waals surface area contributed by atoms with Crippen LogP contribution in [-0.4, -0.2) is 20.1 Å². The molecule has 0 spiro atoms. The number of rotatable bonds is 2.